The van der Waals surface area contributed by atoms with Gasteiger partial charge in [0.05, 0.1) is 0 Å². The Morgan fingerprint density at radius 3 is 2.91 bits per heavy atom. The molecule has 0 spiro atoms. The number of nitrogens with zero attached hydrogens (tertiary/aromatic N) is 4. The summed E-state index contributed by atoms with van der Waals surface area (Å²) in [5.41, 5.74) is 2.69. The second kappa shape index (κ2) is 5.33. The zero-order valence-electron chi connectivity index (χ0n) is 11.7. The zero-order valence-corrected chi connectivity index (χ0v) is 11.7. The van der Waals surface area contributed by atoms with E-state index in [4.69, 9.17) is 4.42 Å². The number of nitrogens with one attached hydrogen (secondary N) is 1. The monoisotopic (exact) mass is 291 g/mol. The predicted molar refractivity (Wildman–Crippen MR) is 82.7 cm³/mol. The van der Waals surface area contributed by atoms with Crippen molar-refractivity contribution in [3.8, 4) is 5.82 Å². The smallest absolute Gasteiger partial charge is 0.295 e. The van der Waals surface area contributed by atoms with Crippen molar-refractivity contribution >= 4 is 17.1 Å². The molecule has 1 N–H and O–H groups in total. The van der Waals surface area contributed by atoms with E-state index in [1.807, 2.05) is 48.7 Å². The topological polar surface area (TPSA) is 68.8 Å². The lowest BCUT2D eigenvalue weighted by Crippen LogP contribution is -2.03. The summed E-state index contributed by atoms with van der Waals surface area (Å²) in [5, 5.41) is 7.37. The Morgan fingerprint density at radius 1 is 1.09 bits per heavy atom. The van der Waals surface area contributed by atoms with E-state index in [0.717, 1.165) is 22.5 Å². The second-order valence-corrected chi connectivity index (χ2v) is 4.81. The average molecular weight is 291 g/mol. The van der Waals surface area contributed by atoms with Crippen molar-refractivity contribution in [2.75, 3.05) is 5.32 Å². The Labute approximate surface area is 126 Å². The minimum Gasteiger partial charge on any atom is -0.424 e. The molecule has 0 fully saturated rings. The number of hydrogen-bond donors (Lipinski definition) is 1. The van der Waals surface area contributed by atoms with Gasteiger partial charge in [-0.1, -0.05) is 12.1 Å². The predicted octanol–water partition coefficient (Wildman–Crippen LogP) is 3.02. The van der Waals surface area contributed by atoms with Gasteiger partial charge >= 0.3 is 0 Å². The number of fused-ring (bicyclic) bond motifs is 1. The van der Waals surface area contributed by atoms with Crippen molar-refractivity contribution in [3.63, 3.8) is 0 Å². The number of oxazole rings is 1. The summed E-state index contributed by atoms with van der Waals surface area (Å²) in [7, 11) is 0. The van der Waals surface area contributed by atoms with E-state index in [2.05, 4.69) is 20.4 Å². The Hall–Kier alpha value is -3.15. The first-order valence-corrected chi connectivity index (χ1v) is 6.93. The summed E-state index contributed by atoms with van der Waals surface area (Å²) in [4.78, 5) is 8.69. The van der Waals surface area contributed by atoms with E-state index in [1.165, 1.54) is 0 Å². The molecule has 0 saturated heterocycles. The van der Waals surface area contributed by atoms with Crippen LogP contribution >= 0.6 is 0 Å². The van der Waals surface area contributed by atoms with Crippen LogP contribution in [0.4, 0.5) is 6.01 Å². The zero-order chi connectivity index (χ0) is 14.8. The van der Waals surface area contributed by atoms with Gasteiger partial charge in [0.1, 0.15) is 5.52 Å². The van der Waals surface area contributed by atoms with Crippen LogP contribution in [0.3, 0.4) is 0 Å². The molecule has 0 aliphatic carbocycles. The third-order valence-corrected chi connectivity index (χ3v) is 3.29. The van der Waals surface area contributed by atoms with Crippen LogP contribution in [-0.4, -0.2) is 19.7 Å². The summed E-state index contributed by atoms with van der Waals surface area (Å²) in [5.74, 6) is 0.780. The third-order valence-electron chi connectivity index (χ3n) is 3.29. The van der Waals surface area contributed by atoms with Crippen molar-refractivity contribution in [3.05, 3.63) is 66.6 Å². The quantitative estimate of drug-likeness (QED) is 0.626. The molecule has 4 aromatic rings. The molecule has 4 rings (SSSR count). The number of pyridine rings is 1. The highest BCUT2D eigenvalue weighted by atomic mass is 16.4. The van der Waals surface area contributed by atoms with Crippen LogP contribution in [0.25, 0.3) is 16.9 Å². The van der Waals surface area contributed by atoms with Gasteiger partial charge in [-0.3, -0.25) is 0 Å². The molecule has 6 nitrogen and oxygen atoms in total. The largest absolute Gasteiger partial charge is 0.424 e. The van der Waals surface area contributed by atoms with E-state index in [0.29, 0.717) is 12.6 Å². The Kier molecular flexibility index (Phi) is 3.05. The maximum atomic E-state index is 5.64. The van der Waals surface area contributed by atoms with Gasteiger partial charge in [-0.15, -0.1) is 0 Å². The number of rotatable bonds is 4. The van der Waals surface area contributed by atoms with Crippen LogP contribution < -0.4 is 5.32 Å². The SMILES string of the molecule is c1ccc2oc(NCc3ccnc(-n4cccn4)c3)nc2c1. The lowest BCUT2D eigenvalue weighted by molar-refractivity contribution is 0.614. The average Bonchev–Trinajstić information content (AvgIpc) is 3.22. The first-order valence-electron chi connectivity index (χ1n) is 6.93. The molecular weight excluding hydrogens is 278 g/mol. The van der Waals surface area contributed by atoms with Crippen molar-refractivity contribution < 1.29 is 4.42 Å². The standard InChI is InChI=1S/C16H13N5O/c1-2-5-14-13(4-1)20-16(22-14)18-11-12-6-8-17-15(10-12)21-9-3-7-19-21/h1-10H,11H2,(H,18,20). The summed E-state index contributed by atoms with van der Waals surface area (Å²) >= 11 is 0. The molecule has 3 aromatic heterocycles. The molecule has 0 aliphatic heterocycles. The highest BCUT2D eigenvalue weighted by molar-refractivity contribution is 5.74. The molecule has 6 heteroatoms. The number of aromatic nitrogens is 4. The third kappa shape index (κ3) is 2.42. The Balaban J connectivity index is 1.53. The van der Waals surface area contributed by atoms with Gasteiger partial charge in [0.25, 0.3) is 6.01 Å². The normalized spacial score (nSPS) is 10.9. The molecule has 0 saturated carbocycles. The Morgan fingerprint density at radius 2 is 2.05 bits per heavy atom. The van der Waals surface area contributed by atoms with Crippen molar-refractivity contribution in [1.29, 1.82) is 0 Å². The lowest BCUT2D eigenvalue weighted by atomic mass is 10.2. The highest BCUT2D eigenvalue weighted by Crippen LogP contribution is 2.18. The fraction of sp³-hybridized carbons (Fsp3) is 0.0625. The highest BCUT2D eigenvalue weighted by Gasteiger charge is 2.05. The molecule has 1 aromatic carbocycles. The number of anilines is 1. The van der Waals surface area contributed by atoms with Gasteiger partial charge < -0.3 is 9.73 Å². The summed E-state index contributed by atoms with van der Waals surface area (Å²) in [6, 6.07) is 14.0. The maximum Gasteiger partial charge on any atom is 0.295 e. The van der Waals surface area contributed by atoms with Crippen LogP contribution in [0.2, 0.25) is 0 Å². The van der Waals surface area contributed by atoms with Gasteiger partial charge in [0.2, 0.25) is 0 Å². The fourth-order valence-electron chi connectivity index (χ4n) is 2.23. The first kappa shape index (κ1) is 12.6. The molecular formula is C16H13N5O. The summed E-state index contributed by atoms with van der Waals surface area (Å²) in [6.07, 6.45) is 5.35. The van der Waals surface area contributed by atoms with Crippen LogP contribution in [0, 0.1) is 0 Å². The van der Waals surface area contributed by atoms with E-state index >= 15 is 0 Å². The van der Waals surface area contributed by atoms with Crippen LogP contribution in [-0.2, 0) is 6.54 Å². The fourth-order valence-corrected chi connectivity index (χ4v) is 2.23. The minimum absolute atomic E-state index is 0.513. The molecule has 22 heavy (non-hydrogen) atoms. The van der Waals surface area contributed by atoms with Gasteiger partial charge in [-0.2, -0.15) is 10.1 Å². The van der Waals surface area contributed by atoms with E-state index in [1.54, 1.807) is 17.1 Å². The Bertz CT molecular complexity index is 865. The molecule has 3 heterocycles. The van der Waals surface area contributed by atoms with Gasteiger partial charge in [-0.25, -0.2) is 9.67 Å². The number of para-hydroxylation sites is 2. The van der Waals surface area contributed by atoms with Crippen LogP contribution in [0.5, 0.6) is 0 Å². The maximum absolute atomic E-state index is 5.64. The van der Waals surface area contributed by atoms with E-state index < -0.39 is 0 Å². The van der Waals surface area contributed by atoms with Crippen molar-refractivity contribution in [1.82, 2.24) is 19.7 Å². The lowest BCUT2D eigenvalue weighted by Gasteiger charge is -2.05. The number of hydrogen-bond acceptors (Lipinski definition) is 5. The molecule has 0 amide bonds. The van der Waals surface area contributed by atoms with Crippen molar-refractivity contribution in [2.45, 2.75) is 6.54 Å². The molecule has 0 bridgehead atoms. The van der Waals surface area contributed by atoms with Crippen molar-refractivity contribution in [2.24, 2.45) is 0 Å². The molecule has 108 valence electrons. The molecule has 0 unspecified atom stereocenters. The van der Waals surface area contributed by atoms with E-state index in [9.17, 15) is 0 Å². The second-order valence-electron chi connectivity index (χ2n) is 4.81. The minimum atomic E-state index is 0.513. The molecule has 0 atom stereocenters. The molecule has 0 aliphatic rings. The molecule has 0 radical (unpaired) electrons. The summed E-state index contributed by atoms with van der Waals surface area (Å²) in [6.45, 7) is 0.601. The van der Waals surface area contributed by atoms with Crippen LogP contribution in [0.15, 0.2) is 65.5 Å². The van der Waals surface area contributed by atoms with Gasteiger partial charge in [0, 0.05) is 25.1 Å². The summed E-state index contributed by atoms with van der Waals surface area (Å²) < 4.78 is 7.36. The van der Waals surface area contributed by atoms with Crippen LogP contribution in [0.1, 0.15) is 5.56 Å². The van der Waals surface area contributed by atoms with Gasteiger partial charge in [-0.05, 0) is 35.9 Å². The first-order chi connectivity index (χ1) is 10.9. The van der Waals surface area contributed by atoms with Gasteiger partial charge in [0.15, 0.2) is 11.4 Å². The number of benzene rings is 1. The van der Waals surface area contributed by atoms with E-state index in [-0.39, 0.29) is 0 Å².